The average molecular weight is 439 g/mol. The fourth-order valence-electron chi connectivity index (χ4n) is 0. The van der Waals surface area contributed by atoms with Gasteiger partial charge in [-0.15, -0.1) is 0 Å². The third-order valence-electron chi connectivity index (χ3n) is 0.591. The topological polar surface area (TPSA) is 142 Å². The van der Waals surface area contributed by atoms with Gasteiger partial charge in [-0.3, -0.25) is 0 Å². The van der Waals surface area contributed by atoms with Crippen LogP contribution in [-0.2, 0) is 32.7 Å². The van der Waals surface area contributed by atoms with Crippen LogP contribution in [0.3, 0.4) is 0 Å². The van der Waals surface area contributed by atoms with Gasteiger partial charge in [-0.2, -0.15) is 0 Å². The second kappa shape index (κ2) is 106. The predicted octanol–water partition coefficient (Wildman–Crippen LogP) is 0.766. The van der Waals surface area contributed by atoms with Crippen LogP contribution in [-0.4, -0.2) is 81.5 Å². The summed E-state index contributed by atoms with van der Waals surface area (Å²) in [5.41, 5.74) is 0. The average Bonchev–Trinajstić information content (AvgIpc) is 2.44. The van der Waals surface area contributed by atoms with Crippen LogP contribution in [0.1, 0.15) is 61.8 Å². The van der Waals surface area contributed by atoms with Gasteiger partial charge in [0.2, 0.25) is 0 Å². The van der Waals surface area contributed by atoms with Crippen LogP contribution in [0, 0.1) is 0 Å². The van der Waals surface area contributed by atoms with Gasteiger partial charge in [0.1, 0.15) is 0 Å². The molecular weight excluding hydrogens is 393 g/mol. The number of aliphatic hydroxyl groups excluding tert-OH is 7. The third kappa shape index (κ3) is 1360. The molecule has 0 aliphatic heterocycles. The van der Waals surface area contributed by atoms with Crippen molar-refractivity contribution in [3.8, 4) is 0 Å². The Balaban J connectivity index is -0.0000000209. The Morgan fingerprint density at radius 1 is 0.500 bits per heavy atom. The maximum atomic E-state index is 8.36. The number of aliphatic hydroxyl groups is 7. The Morgan fingerprint density at radius 3 is 0.542 bits per heavy atom. The van der Waals surface area contributed by atoms with E-state index >= 15 is 0 Å². The van der Waals surface area contributed by atoms with Gasteiger partial charge in [0.15, 0.2) is 0 Å². The number of hydrogen-bond donors (Lipinski definition) is 7. The van der Waals surface area contributed by atoms with E-state index in [1.165, 1.54) is 0 Å². The SMILES string of the molecule is CCC(C)O.CCO.CCO.CCO.CCO.CCO.CCO.[Y]. The van der Waals surface area contributed by atoms with Gasteiger partial charge in [-0.1, -0.05) is 6.92 Å². The van der Waals surface area contributed by atoms with Crippen molar-refractivity contribution in [2.45, 2.75) is 67.9 Å². The second-order valence-corrected chi connectivity index (χ2v) is 3.15. The smallest absolute Gasteiger partial charge is 0.0509 e. The quantitative estimate of drug-likeness (QED) is 0.320. The Hall–Kier alpha value is 0.824. The minimum atomic E-state index is -0.116. The molecule has 0 aliphatic carbocycles. The van der Waals surface area contributed by atoms with Crippen LogP contribution in [0.15, 0.2) is 0 Å². The number of hydrogen-bond acceptors (Lipinski definition) is 7. The van der Waals surface area contributed by atoms with Crippen molar-refractivity contribution in [1.29, 1.82) is 0 Å². The van der Waals surface area contributed by atoms with E-state index in [2.05, 4.69) is 0 Å². The Morgan fingerprint density at radius 2 is 0.542 bits per heavy atom. The van der Waals surface area contributed by atoms with Crippen LogP contribution in [0.5, 0.6) is 0 Å². The largest absolute Gasteiger partial charge is 0.397 e. The molecule has 0 rings (SSSR count). The van der Waals surface area contributed by atoms with Crippen molar-refractivity contribution in [1.82, 2.24) is 0 Å². The van der Waals surface area contributed by atoms with E-state index < -0.39 is 0 Å². The van der Waals surface area contributed by atoms with Gasteiger partial charge in [0, 0.05) is 72.4 Å². The maximum absolute atomic E-state index is 8.36. The summed E-state index contributed by atoms with van der Waals surface area (Å²) in [6, 6.07) is 0. The Bertz CT molecular complexity index is 75.3. The molecule has 0 fully saturated rings. The first-order chi connectivity index (χ1) is 10.8. The zero-order chi connectivity index (χ0) is 20.5. The molecule has 24 heavy (non-hydrogen) atoms. The minimum absolute atomic E-state index is 0. The first kappa shape index (κ1) is 49.8. The van der Waals surface area contributed by atoms with Crippen LogP contribution in [0.2, 0.25) is 0 Å². The summed E-state index contributed by atoms with van der Waals surface area (Å²) in [7, 11) is 0. The van der Waals surface area contributed by atoms with E-state index in [9.17, 15) is 0 Å². The van der Waals surface area contributed by atoms with Gasteiger partial charge >= 0.3 is 0 Å². The summed E-state index contributed by atoms with van der Waals surface area (Å²) in [6.45, 7) is 15.3. The van der Waals surface area contributed by atoms with Crippen molar-refractivity contribution in [3.05, 3.63) is 0 Å². The normalized spacial score (nSPS) is 7.62. The molecule has 8 heteroatoms. The van der Waals surface area contributed by atoms with E-state index in [1.807, 2.05) is 6.92 Å². The third-order valence-corrected chi connectivity index (χ3v) is 0.591. The van der Waals surface area contributed by atoms with Crippen LogP contribution in [0.25, 0.3) is 0 Å². The molecule has 0 aromatic rings. The minimum Gasteiger partial charge on any atom is -0.397 e. The molecule has 1 unspecified atom stereocenters. The summed E-state index contributed by atoms with van der Waals surface area (Å²) < 4.78 is 0. The molecule has 0 amide bonds. The molecule has 0 spiro atoms. The van der Waals surface area contributed by atoms with E-state index in [0.29, 0.717) is 0 Å². The number of rotatable bonds is 1. The first-order valence-corrected chi connectivity index (χ1v) is 8.09. The standard InChI is InChI=1S/C4H10O.6C2H6O.Y/c1-3-4(2)5;6*1-2-3;/h4-5H,3H2,1-2H3;6*3H,2H2,1H3;. The van der Waals surface area contributed by atoms with E-state index in [0.717, 1.165) is 6.42 Å². The van der Waals surface area contributed by atoms with Gasteiger partial charge in [0.25, 0.3) is 0 Å². The van der Waals surface area contributed by atoms with Crippen LogP contribution >= 0.6 is 0 Å². The van der Waals surface area contributed by atoms with Gasteiger partial charge < -0.3 is 35.7 Å². The first-order valence-electron chi connectivity index (χ1n) is 8.09. The molecule has 7 nitrogen and oxygen atoms in total. The maximum Gasteiger partial charge on any atom is 0.0509 e. The van der Waals surface area contributed by atoms with E-state index in [4.69, 9.17) is 35.7 Å². The summed E-state index contributed by atoms with van der Waals surface area (Å²) >= 11 is 0. The predicted molar refractivity (Wildman–Crippen MR) is 98.5 cm³/mol. The molecular formula is C16H46O7Y. The molecule has 0 aromatic carbocycles. The Labute approximate surface area is 175 Å². The molecule has 0 aromatic heterocycles. The summed E-state index contributed by atoms with van der Waals surface area (Å²) in [6.07, 6.45) is 0.745. The summed E-state index contributed by atoms with van der Waals surface area (Å²) in [4.78, 5) is 0. The summed E-state index contributed by atoms with van der Waals surface area (Å²) in [5, 5.41) is 53.8. The molecule has 1 radical (unpaired) electrons. The van der Waals surface area contributed by atoms with Crippen molar-refractivity contribution in [3.63, 3.8) is 0 Å². The molecule has 0 saturated carbocycles. The Kier molecular flexibility index (Phi) is 220. The summed E-state index contributed by atoms with van der Waals surface area (Å²) in [5.74, 6) is 0. The molecule has 0 aliphatic rings. The van der Waals surface area contributed by atoms with Gasteiger partial charge in [0.05, 0.1) is 6.10 Å². The molecule has 155 valence electrons. The van der Waals surface area contributed by atoms with E-state index in [1.54, 1.807) is 48.5 Å². The second-order valence-electron chi connectivity index (χ2n) is 3.15. The molecule has 1 atom stereocenters. The molecule has 0 saturated heterocycles. The molecule has 0 bridgehead atoms. The van der Waals surface area contributed by atoms with Gasteiger partial charge in [-0.25, -0.2) is 0 Å². The van der Waals surface area contributed by atoms with Crippen molar-refractivity contribution in [2.24, 2.45) is 0 Å². The fourth-order valence-corrected chi connectivity index (χ4v) is 0. The zero-order valence-electron chi connectivity index (χ0n) is 17.2. The van der Waals surface area contributed by atoms with Crippen molar-refractivity contribution >= 4 is 0 Å². The fraction of sp³-hybridized carbons (Fsp3) is 1.00. The van der Waals surface area contributed by atoms with Crippen molar-refractivity contribution < 1.29 is 68.5 Å². The van der Waals surface area contributed by atoms with Crippen LogP contribution < -0.4 is 0 Å². The van der Waals surface area contributed by atoms with Gasteiger partial charge in [-0.05, 0) is 54.9 Å². The van der Waals surface area contributed by atoms with Crippen molar-refractivity contribution in [2.75, 3.05) is 39.6 Å². The molecule has 0 heterocycles. The molecule has 7 N–H and O–H groups in total. The van der Waals surface area contributed by atoms with E-state index in [-0.39, 0.29) is 78.5 Å². The zero-order valence-corrected chi connectivity index (χ0v) is 20.1. The monoisotopic (exact) mass is 439 g/mol. The van der Waals surface area contributed by atoms with Crippen LogP contribution in [0.4, 0.5) is 0 Å².